The van der Waals surface area contributed by atoms with E-state index in [4.69, 9.17) is 11.6 Å². The summed E-state index contributed by atoms with van der Waals surface area (Å²) in [6.45, 7) is 0. The molecular weight excluding hydrogens is 267 g/mol. The number of hydrogen-bond acceptors (Lipinski definition) is 2. The molecule has 0 spiro atoms. The van der Waals surface area contributed by atoms with Gasteiger partial charge in [-0.2, -0.15) is 0 Å². The second kappa shape index (κ2) is 3.37. The van der Waals surface area contributed by atoms with E-state index in [-0.39, 0.29) is 5.56 Å². The fourth-order valence-electron chi connectivity index (χ4n) is 1.29. The molecule has 0 amide bonds. The summed E-state index contributed by atoms with van der Waals surface area (Å²) in [7, 11) is 1.70. The fraction of sp³-hybridized carbons (Fsp3) is 0.111. The molecule has 0 atom stereocenters. The molecule has 3 nitrogen and oxygen atoms in total. The summed E-state index contributed by atoms with van der Waals surface area (Å²) < 4.78 is 2.33. The number of aryl methyl sites for hydroxylation is 1. The molecule has 0 fully saturated rings. The van der Waals surface area contributed by atoms with E-state index in [2.05, 4.69) is 20.9 Å². The van der Waals surface area contributed by atoms with E-state index in [1.54, 1.807) is 19.3 Å². The first-order chi connectivity index (χ1) is 6.59. The van der Waals surface area contributed by atoms with Crippen LogP contribution < -0.4 is 5.56 Å². The number of aromatic nitrogens is 2. The molecule has 2 heterocycles. The van der Waals surface area contributed by atoms with E-state index >= 15 is 0 Å². The lowest BCUT2D eigenvalue weighted by atomic mass is 10.2. The van der Waals surface area contributed by atoms with Gasteiger partial charge in [0, 0.05) is 29.3 Å². The molecule has 0 aliphatic rings. The van der Waals surface area contributed by atoms with E-state index in [0.717, 1.165) is 9.86 Å². The molecule has 5 heteroatoms. The Morgan fingerprint density at radius 3 is 2.93 bits per heavy atom. The zero-order valence-electron chi connectivity index (χ0n) is 7.29. The zero-order chi connectivity index (χ0) is 10.3. The van der Waals surface area contributed by atoms with Crippen molar-refractivity contribution in [1.29, 1.82) is 0 Å². The molecular formula is C9H6BrClN2O. The molecule has 72 valence electrons. The minimum Gasteiger partial charge on any atom is -0.317 e. The first kappa shape index (κ1) is 9.68. The lowest BCUT2D eigenvalue weighted by Crippen LogP contribution is -2.16. The van der Waals surface area contributed by atoms with Crippen molar-refractivity contribution in [2.24, 2.45) is 7.05 Å². The van der Waals surface area contributed by atoms with Gasteiger partial charge in [0.25, 0.3) is 5.56 Å². The Kier molecular flexibility index (Phi) is 2.33. The lowest BCUT2D eigenvalue weighted by Gasteiger charge is -2.03. The molecule has 2 rings (SSSR count). The van der Waals surface area contributed by atoms with Crippen molar-refractivity contribution in [3.63, 3.8) is 0 Å². The molecule has 14 heavy (non-hydrogen) atoms. The number of pyridine rings is 2. The second-order valence-corrected chi connectivity index (χ2v) is 4.19. The average Bonchev–Trinajstić information content (AvgIpc) is 2.14. The number of fused-ring (bicyclic) bond motifs is 1. The first-order valence-electron chi connectivity index (χ1n) is 3.90. The predicted molar refractivity (Wildman–Crippen MR) is 59.7 cm³/mol. The minimum absolute atomic E-state index is 0.0765. The van der Waals surface area contributed by atoms with Crippen molar-refractivity contribution >= 4 is 38.3 Å². The summed E-state index contributed by atoms with van der Waals surface area (Å²) in [6, 6.07) is 1.67. The van der Waals surface area contributed by atoms with Gasteiger partial charge in [-0.1, -0.05) is 11.6 Å². The Morgan fingerprint density at radius 1 is 1.50 bits per heavy atom. The molecule has 0 unspecified atom stereocenters. The Bertz CT molecular complexity index is 564. The van der Waals surface area contributed by atoms with Gasteiger partial charge < -0.3 is 4.57 Å². The third-order valence-electron chi connectivity index (χ3n) is 1.99. The summed E-state index contributed by atoms with van der Waals surface area (Å²) in [5, 5.41) is 1.73. The van der Waals surface area contributed by atoms with Crippen LogP contribution >= 0.6 is 27.5 Å². The van der Waals surface area contributed by atoms with Gasteiger partial charge in [-0.3, -0.25) is 4.79 Å². The van der Waals surface area contributed by atoms with Crippen molar-refractivity contribution in [3.05, 3.63) is 38.4 Å². The third-order valence-corrected chi connectivity index (χ3v) is 2.82. The fourth-order valence-corrected chi connectivity index (χ4v) is 2.08. The molecule has 0 aliphatic heterocycles. The Hall–Kier alpha value is -0.870. The van der Waals surface area contributed by atoms with Gasteiger partial charge in [0.05, 0.1) is 5.39 Å². The van der Waals surface area contributed by atoms with E-state index in [0.29, 0.717) is 10.5 Å². The molecule has 2 aromatic rings. The molecule has 2 aromatic heterocycles. The number of halogens is 2. The Balaban J connectivity index is 3.02. The Morgan fingerprint density at radius 2 is 2.21 bits per heavy atom. The van der Waals surface area contributed by atoms with Crippen LogP contribution in [0.4, 0.5) is 0 Å². The predicted octanol–water partition coefficient (Wildman–Crippen LogP) is 2.35. The quantitative estimate of drug-likeness (QED) is 0.691. The number of rotatable bonds is 0. The summed E-state index contributed by atoms with van der Waals surface area (Å²) in [4.78, 5) is 15.5. The smallest absolute Gasteiger partial charge is 0.259 e. The normalized spacial score (nSPS) is 10.8. The molecule has 0 saturated heterocycles. The molecule has 0 saturated carbocycles. The zero-order valence-corrected chi connectivity index (χ0v) is 9.63. The maximum atomic E-state index is 11.7. The standard InChI is InChI=1S/C9H6BrClN2O/c1-13-4-7(10)5-2-8(11)12-3-6(5)9(13)14/h2-4H,1H3. The van der Waals surface area contributed by atoms with E-state index in [1.807, 2.05) is 0 Å². The van der Waals surface area contributed by atoms with Crippen molar-refractivity contribution in [3.8, 4) is 0 Å². The maximum Gasteiger partial charge on any atom is 0.259 e. The van der Waals surface area contributed by atoms with Crippen LogP contribution in [0.3, 0.4) is 0 Å². The second-order valence-electron chi connectivity index (χ2n) is 2.95. The van der Waals surface area contributed by atoms with Gasteiger partial charge in [0.2, 0.25) is 0 Å². The summed E-state index contributed by atoms with van der Waals surface area (Å²) in [5.74, 6) is 0. The molecule has 0 aliphatic carbocycles. The van der Waals surface area contributed by atoms with Crippen LogP contribution in [0.25, 0.3) is 10.8 Å². The van der Waals surface area contributed by atoms with Crippen LogP contribution in [0.1, 0.15) is 0 Å². The van der Waals surface area contributed by atoms with Crippen LogP contribution in [0.2, 0.25) is 5.15 Å². The highest BCUT2D eigenvalue weighted by Gasteiger charge is 2.05. The van der Waals surface area contributed by atoms with Crippen molar-refractivity contribution in [1.82, 2.24) is 9.55 Å². The highest BCUT2D eigenvalue weighted by Crippen LogP contribution is 2.22. The van der Waals surface area contributed by atoms with Crippen LogP contribution in [0.15, 0.2) is 27.7 Å². The van der Waals surface area contributed by atoms with Gasteiger partial charge in [-0.25, -0.2) is 4.98 Å². The van der Waals surface area contributed by atoms with Gasteiger partial charge in [0.1, 0.15) is 5.15 Å². The monoisotopic (exact) mass is 272 g/mol. The topological polar surface area (TPSA) is 34.9 Å². The van der Waals surface area contributed by atoms with Gasteiger partial charge in [0.15, 0.2) is 0 Å². The van der Waals surface area contributed by atoms with Crippen molar-refractivity contribution < 1.29 is 0 Å². The summed E-state index contributed by atoms with van der Waals surface area (Å²) >= 11 is 9.11. The van der Waals surface area contributed by atoms with Gasteiger partial charge >= 0.3 is 0 Å². The molecule has 0 N–H and O–H groups in total. The van der Waals surface area contributed by atoms with Crippen LogP contribution in [-0.4, -0.2) is 9.55 Å². The minimum atomic E-state index is -0.0765. The lowest BCUT2D eigenvalue weighted by molar-refractivity contribution is 0.868. The van der Waals surface area contributed by atoms with Crippen LogP contribution in [0, 0.1) is 0 Å². The highest BCUT2D eigenvalue weighted by atomic mass is 79.9. The number of hydrogen-bond donors (Lipinski definition) is 0. The molecule has 0 radical (unpaired) electrons. The maximum absolute atomic E-state index is 11.7. The third kappa shape index (κ3) is 1.44. The largest absolute Gasteiger partial charge is 0.317 e. The Labute approximate surface area is 93.5 Å². The van der Waals surface area contributed by atoms with E-state index in [1.165, 1.54) is 10.8 Å². The molecule has 0 bridgehead atoms. The van der Waals surface area contributed by atoms with Crippen LogP contribution in [0.5, 0.6) is 0 Å². The van der Waals surface area contributed by atoms with Crippen LogP contribution in [-0.2, 0) is 7.05 Å². The van der Waals surface area contributed by atoms with Crippen molar-refractivity contribution in [2.75, 3.05) is 0 Å². The SMILES string of the molecule is Cn1cc(Br)c2cc(Cl)ncc2c1=O. The first-order valence-corrected chi connectivity index (χ1v) is 5.07. The van der Waals surface area contributed by atoms with Crippen molar-refractivity contribution in [2.45, 2.75) is 0 Å². The highest BCUT2D eigenvalue weighted by molar-refractivity contribution is 9.10. The average molecular weight is 274 g/mol. The summed E-state index contributed by atoms with van der Waals surface area (Å²) in [6.07, 6.45) is 3.20. The van der Waals surface area contributed by atoms with Gasteiger partial charge in [-0.05, 0) is 22.0 Å². The number of nitrogens with zero attached hydrogens (tertiary/aromatic N) is 2. The molecule has 0 aromatic carbocycles. The van der Waals surface area contributed by atoms with E-state index < -0.39 is 0 Å². The van der Waals surface area contributed by atoms with E-state index in [9.17, 15) is 4.79 Å². The summed E-state index contributed by atoms with van der Waals surface area (Å²) in [5.41, 5.74) is -0.0765. The van der Waals surface area contributed by atoms with Gasteiger partial charge in [-0.15, -0.1) is 0 Å².